The number of aliphatic hydroxyl groups excluding tert-OH is 1. The summed E-state index contributed by atoms with van der Waals surface area (Å²) in [5, 5.41) is 14.6. The zero-order chi connectivity index (χ0) is 36.0. The van der Waals surface area contributed by atoms with Crippen LogP contribution in [-0.4, -0.2) is 20.9 Å². The van der Waals surface area contributed by atoms with E-state index < -0.39 is 0 Å². The fourth-order valence-electron chi connectivity index (χ4n) is 7.58. The van der Waals surface area contributed by atoms with Crippen molar-refractivity contribution >= 4 is 59.2 Å². The number of carbonyl (C=O) groups excluding carboxylic acids is 1. The molecule has 0 spiro atoms. The number of ketones is 1. The molecule has 0 aliphatic heterocycles. The van der Waals surface area contributed by atoms with Crippen molar-refractivity contribution in [3.63, 3.8) is 0 Å². The molecule has 0 atom stereocenters. The van der Waals surface area contributed by atoms with Crippen molar-refractivity contribution in [2.75, 3.05) is 0 Å². The van der Waals surface area contributed by atoms with Gasteiger partial charge in [-0.1, -0.05) is 91.5 Å². The van der Waals surface area contributed by atoms with Crippen LogP contribution >= 0.6 is 11.3 Å². The summed E-state index contributed by atoms with van der Waals surface area (Å²) in [6.07, 6.45) is 8.66. The van der Waals surface area contributed by atoms with E-state index in [4.69, 9.17) is 14.4 Å². The molecule has 1 aliphatic carbocycles. The molecule has 7 rings (SSSR count). The number of thiophene rings is 1. The third kappa shape index (κ3) is 7.58. The SMILES string of the molecule is CC1(C)Cc2oc3ccc4c5ncnc(-c6[c-]c7ccccc7c(C(C)(C)C)c6)c5sc4c3c2C1.CCC(CC)C(=O)/C=C(\O)C(CC)CC.[Ir]. The van der Waals surface area contributed by atoms with Gasteiger partial charge in [0.25, 0.3) is 0 Å². The van der Waals surface area contributed by atoms with Crippen molar-refractivity contribution in [2.45, 2.75) is 106 Å². The minimum atomic E-state index is 0. The standard InChI is InChI=1S/C31H27N2OS.C13H24O2.Ir/c1-30(2,3)22-13-18(12-17-8-6-7-9-19(17)22)26-29-27(33-16-32-26)20-10-11-23-25(28(20)35-29)21-14-31(4,5)15-24(21)34-23;1-5-10(6-2)12(14)9-13(15)11(7-3)8-4;/h6-11,13,16H,14-15H2,1-5H3;9-11,14H,5-8H2,1-4H3;/q-1;;/b;12-9-;. The average molecular weight is 880 g/mol. The maximum absolute atomic E-state index is 11.7. The topological polar surface area (TPSA) is 76.2 Å². The van der Waals surface area contributed by atoms with Gasteiger partial charge in [-0.15, -0.1) is 40.5 Å². The molecule has 3 aromatic heterocycles. The van der Waals surface area contributed by atoms with Crippen LogP contribution in [0.25, 0.3) is 53.3 Å². The Morgan fingerprint density at radius 3 is 2.31 bits per heavy atom. The van der Waals surface area contributed by atoms with Gasteiger partial charge in [0.1, 0.15) is 17.7 Å². The van der Waals surface area contributed by atoms with Gasteiger partial charge in [0, 0.05) is 75.9 Å². The number of benzene rings is 3. The van der Waals surface area contributed by atoms with E-state index in [1.165, 1.54) is 38.1 Å². The summed E-state index contributed by atoms with van der Waals surface area (Å²) in [7, 11) is 0. The summed E-state index contributed by atoms with van der Waals surface area (Å²) in [6.45, 7) is 19.5. The van der Waals surface area contributed by atoms with Gasteiger partial charge in [-0.25, -0.2) is 4.98 Å². The van der Waals surface area contributed by atoms with E-state index in [2.05, 4.69) is 83.1 Å². The van der Waals surface area contributed by atoms with Crippen molar-refractivity contribution in [2.24, 2.45) is 17.3 Å². The fourth-order valence-corrected chi connectivity index (χ4v) is 8.90. The minimum Gasteiger partial charge on any atom is -0.512 e. The van der Waals surface area contributed by atoms with Gasteiger partial charge in [0.2, 0.25) is 0 Å². The zero-order valence-corrected chi connectivity index (χ0v) is 34.7. The Morgan fingerprint density at radius 1 is 0.961 bits per heavy atom. The van der Waals surface area contributed by atoms with Crippen LogP contribution in [0.4, 0.5) is 0 Å². The Kier molecular flexibility index (Phi) is 11.7. The number of furan rings is 1. The van der Waals surface area contributed by atoms with E-state index in [0.29, 0.717) is 0 Å². The first kappa shape index (κ1) is 38.8. The summed E-state index contributed by atoms with van der Waals surface area (Å²) in [6, 6.07) is 18.8. The molecule has 1 aliphatic rings. The summed E-state index contributed by atoms with van der Waals surface area (Å²) in [5.74, 6) is 1.70. The Bertz CT molecular complexity index is 2230. The van der Waals surface area contributed by atoms with Crippen LogP contribution in [0.3, 0.4) is 0 Å². The van der Waals surface area contributed by atoms with Gasteiger partial charge in [0.15, 0.2) is 5.78 Å². The van der Waals surface area contributed by atoms with Gasteiger partial charge < -0.3 is 9.52 Å². The van der Waals surface area contributed by atoms with Crippen molar-refractivity contribution in [3.05, 3.63) is 83.6 Å². The number of hydrogen-bond donors (Lipinski definition) is 1. The maximum atomic E-state index is 11.7. The van der Waals surface area contributed by atoms with Gasteiger partial charge in [-0.2, -0.15) is 0 Å². The van der Waals surface area contributed by atoms with Crippen molar-refractivity contribution in [3.8, 4) is 11.3 Å². The number of aliphatic hydroxyl groups is 1. The molecule has 0 saturated heterocycles. The quantitative estimate of drug-likeness (QED) is 0.0936. The number of nitrogens with zero attached hydrogens (tertiary/aromatic N) is 2. The maximum Gasteiger partial charge on any atom is 0.162 e. The second kappa shape index (κ2) is 15.3. The van der Waals surface area contributed by atoms with Crippen molar-refractivity contribution in [1.29, 1.82) is 0 Å². The van der Waals surface area contributed by atoms with Crippen LogP contribution in [0.5, 0.6) is 0 Å². The number of carbonyl (C=O) groups is 1. The minimum absolute atomic E-state index is 0. The van der Waals surface area contributed by atoms with E-state index in [1.54, 1.807) is 17.7 Å². The van der Waals surface area contributed by atoms with Gasteiger partial charge in [-0.05, 0) is 55.1 Å². The van der Waals surface area contributed by atoms with Crippen LogP contribution in [0.2, 0.25) is 0 Å². The predicted octanol–water partition coefficient (Wildman–Crippen LogP) is 12.5. The number of rotatable bonds is 8. The van der Waals surface area contributed by atoms with E-state index >= 15 is 0 Å². The van der Waals surface area contributed by atoms with Crippen LogP contribution in [0, 0.1) is 23.3 Å². The molecule has 3 heterocycles. The third-order valence-electron chi connectivity index (χ3n) is 10.5. The number of aromatic nitrogens is 2. The molecular formula is C44H51IrN2O3S-. The van der Waals surface area contributed by atoms with E-state index in [9.17, 15) is 9.90 Å². The second-order valence-electron chi connectivity index (χ2n) is 15.7. The Hall–Kier alpha value is -3.38. The molecule has 51 heavy (non-hydrogen) atoms. The first-order valence-corrected chi connectivity index (χ1v) is 19.1. The molecule has 1 radical (unpaired) electrons. The van der Waals surface area contributed by atoms with Crippen LogP contribution in [-0.2, 0) is 43.2 Å². The van der Waals surface area contributed by atoms with E-state index in [-0.39, 0.29) is 54.3 Å². The largest absolute Gasteiger partial charge is 0.512 e. The normalized spacial score (nSPS) is 14.4. The number of fused-ring (bicyclic) bond motifs is 8. The molecule has 271 valence electrons. The molecule has 0 amide bonds. The Labute approximate surface area is 320 Å². The first-order valence-electron chi connectivity index (χ1n) is 18.3. The van der Waals surface area contributed by atoms with Crippen molar-refractivity contribution < 1.29 is 34.4 Å². The summed E-state index contributed by atoms with van der Waals surface area (Å²) >= 11 is 1.80. The van der Waals surface area contributed by atoms with Crippen molar-refractivity contribution in [1.82, 2.24) is 9.97 Å². The van der Waals surface area contributed by atoms with Gasteiger partial charge >= 0.3 is 0 Å². The van der Waals surface area contributed by atoms with Gasteiger partial charge in [-0.3, -0.25) is 9.78 Å². The number of hydrogen-bond acceptors (Lipinski definition) is 6. The van der Waals surface area contributed by atoms with E-state index in [0.717, 1.165) is 76.7 Å². The summed E-state index contributed by atoms with van der Waals surface area (Å²) < 4.78 is 8.71. The zero-order valence-electron chi connectivity index (χ0n) is 31.5. The second-order valence-corrected chi connectivity index (χ2v) is 16.8. The monoisotopic (exact) mass is 880 g/mol. The molecule has 5 nitrogen and oxygen atoms in total. The first-order chi connectivity index (χ1) is 23.8. The molecule has 3 aromatic carbocycles. The average Bonchev–Trinajstić information content (AvgIpc) is 3.71. The molecule has 1 N–H and O–H groups in total. The molecule has 0 bridgehead atoms. The molecule has 0 unspecified atom stereocenters. The third-order valence-corrected chi connectivity index (χ3v) is 11.7. The molecule has 0 fully saturated rings. The molecule has 0 saturated carbocycles. The molecule has 7 heteroatoms. The van der Waals surface area contributed by atoms with Crippen LogP contribution in [0.1, 0.15) is 105 Å². The van der Waals surface area contributed by atoms with Crippen LogP contribution < -0.4 is 0 Å². The predicted molar refractivity (Wildman–Crippen MR) is 210 cm³/mol. The summed E-state index contributed by atoms with van der Waals surface area (Å²) in [5.41, 5.74) is 6.94. The number of allylic oxidation sites excluding steroid dienone is 2. The molecular weight excluding hydrogens is 829 g/mol. The van der Waals surface area contributed by atoms with E-state index in [1.807, 2.05) is 27.7 Å². The fraction of sp³-hybridized carbons (Fsp3) is 0.432. The Balaban J connectivity index is 0.000000271. The molecule has 6 aromatic rings. The Morgan fingerprint density at radius 2 is 1.65 bits per heavy atom. The summed E-state index contributed by atoms with van der Waals surface area (Å²) in [4.78, 5) is 21.3. The smallest absolute Gasteiger partial charge is 0.162 e. The van der Waals surface area contributed by atoms with Crippen LogP contribution in [0.15, 0.2) is 65.0 Å². The van der Waals surface area contributed by atoms with Gasteiger partial charge in [0.05, 0.1) is 11.3 Å².